The molecule has 4 fully saturated rings. The number of allylic oxidation sites excluding steroid dienone is 2. The van der Waals surface area contributed by atoms with Crippen molar-refractivity contribution in [2.75, 3.05) is 0 Å². The Hall–Kier alpha value is -1.32. The van der Waals surface area contributed by atoms with Crippen LogP contribution < -0.4 is 0 Å². The van der Waals surface area contributed by atoms with Crippen LogP contribution in [0, 0.1) is 46.3 Å². The van der Waals surface area contributed by atoms with E-state index in [0.717, 1.165) is 19.3 Å². The zero-order valence-electron chi connectivity index (χ0n) is 14.4. The van der Waals surface area contributed by atoms with Crippen molar-refractivity contribution in [1.82, 2.24) is 0 Å². The van der Waals surface area contributed by atoms with Crippen molar-refractivity contribution < 1.29 is 19.4 Å². The molecule has 0 radical (unpaired) electrons. The maximum atomic E-state index is 11.8. The van der Waals surface area contributed by atoms with Crippen molar-refractivity contribution in [2.45, 2.75) is 52.1 Å². The van der Waals surface area contributed by atoms with Crippen LogP contribution in [0.3, 0.4) is 0 Å². The Morgan fingerprint density at radius 3 is 2.71 bits per heavy atom. The van der Waals surface area contributed by atoms with Crippen LogP contribution in [0.15, 0.2) is 12.2 Å². The van der Waals surface area contributed by atoms with E-state index in [1.54, 1.807) is 0 Å². The number of ether oxygens (including phenoxy) is 1. The fourth-order valence-electron chi connectivity index (χ4n) is 7.37. The minimum atomic E-state index is -0.616. The van der Waals surface area contributed by atoms with Crippen molar-refractivity contribution in [3.05, 3.63) is 12.2 Å². The molecular weight excluding hydrogens is 304 g/mol. The van der Waals surface area contributed by atoms with Crippen molar-refractivity contribution in [3.8, 4) is 0 Å². The molecule has 0 aromatic heterocycles. The molecule has 1 aliphatic heterocycles. The molecule has 4 nitrogen and oxygen atoms in total. The van der Waals surface area contributed by atoms with Gasteiger partial charge >= 0.3 is 11.9 Å². The maximum absolute atomic E-state index is 11.8. The first kappa shape index (κ1) is 15.0. The lowest BCUT2D eigenvalue weighted by Crippen LogP contribution is -2.42. The number of hydrogen-bond donors (Lipinski definition) is 1. The number of cyclic esters (lactones) is 1. The molecule has 0 aromatic rings. The smallest absolute Gasteiger partial charge is 0.306 e. The molecule has 4 aliphatic carbocycles. The molecule has 0 aromatic carbocycles. The van der Waals surface area contributed by atoms with Crippen LogP contribution in [0.1, 0.15) is 46.0 Å². The fourth-order valence-corrected chi connectivity index (χ4v) is 7.37. The number of carboxylic acid groups (broad SMARTS) is 1. The fraction of sp³-hybridized carbons (Fsp3) is 0.800. The first-order valence-electron chi connectivity index (χ1n) is 9.41. The van der Waals surface area contributed by atoms with Crippen LogP contribution in [0.4, 0.5) is 0 Å². The summed E-state index contributed by atoms with van der Waals surface area (Å²) in [6.07, 6.45) is 9.06. The Morgan fingerprint density at radius 2 is 2.04 bits per heavy atom. The molecule has 4 heteroatoms. The van der Waals surface area contributed by atoms with Crippen LogP contribution >= 0.6 is 0 Å². The summed E-state index contributed by atoms with van der Waals surface area (Å²) >= 11 is 0. The summed E-state index contributed by atoms with van der Waals surface area (Å²) in [7, 11) is 0. The van der Waals surface area contributed by atoms with E-state index < -0.39 is 5.97 Å². The molecule has 4 bridgehead atoms. The molecule has 3 saturated carbocycles. The summed E-state index contributed by atoms with van der Waals surface area (Å²) in [6, 6.07) is 0. The van der Waals surface area contributed by atoms with Crippen molar-refractivity contribution in [1.29, 1.82) is 0 Å². The summed E-state index contributed by atoms with van der Waals surface area (Å²) in [4.78, 5) is 23.7. The quantitative estimate of drug-likeness (QED) is 0.490. The molecule has 1 N–H and O–H groups in total. The summed E-state index contributed by atoms with van der Waals surface area (Å²) in [5.41, 5.74) is -0.0662. The molecule has 1 saturated heterocycles. The van der Waals surface area contributed by atoms with Gasteiger partial charge in [-0.1, -0.05) is 26.0 Å². The number of fused-ring (bicyclic) bond motifs is 9. The van der Waals surface area contributed by atoms with Gasteiger partial charge in [0.2, 0.25) is 0 Å². The number of hydrogen-bond acceptors (Lipinski definition) is 3. The standard InChI is InChI=1S/C20H26O4/c1-19(2)9-15(21)24-14(19)8-20-6-12(13(7-20)18(22)23)16-10-3-4-11(5-10)17(16)20/h3-4,10-14,16-17H,5-9H2,1-2H3,(H,22,23). The minimum absolute atomic E-state index is 0.0555. The highest BCUT2D eigenvalue weighted by Gasteiger charge is 2.69. The van der Waals surface area contributed by atoms with Gasteiger partial charge in [-0.2, -0.15) is 0 Å². The largest absolute Gasteiger partial charge is 0.481 e. The number of carbonyl (C=O) groups is 2. The van der Waals surface area contributed by atoms with Crippen molar-refractivity contribution in [3.63, 3.8) is 0 Å². The van der Waals surface area contributed by atoms with Crippen LogP contribution in [0.5, 0.6) is 0 Å². The summed E-state index contributed by atoms with van der Waals surface area (Å²) in [6.45, 7) is 4.24. The lowest BCUT2D eigenvalue weighted by Gasteiger charge is -2.44. The van der Waals surface area contributed by atoms with E-state index in [9.17, 15) is 14.7 Å². The first-order valence-corrected chi connectivity index (χ1v) is 9.41. The number of rotatable bonds is 3. The van der Waals surface area contributed by atoms with Gasteiger partial charge in [-0.15, -0.1) is 0 Å². The van der Waals surface area contributed by atoms with E-state index in [1.165, 1.54) is 6.42 Å². The van der Waals surface area contributed by atoms with Crippen LogP contribution in [-0.4, -0.2) is 23.1 Å². The second-order valence-corrected chi connectivity index (χ2v) is 9.78. The molecule has 1 heterocycles. The van der Waals surface area contributed by atoms with Gasteiger partial charge < -0.3 is 9.84 Å². The van der Waals surface area contributed by atoms with Gasteiger partial charge in [-0.25, -0.2) is 0 Å². The molecular formula is C20H26O4. The molecule has 24 heavy (non-hydrogen) atoms. The minimum Gasteiger partial charge on any atom is -0.481 e. The molecule has 5 rings (SSSR count). The Balaban J connectivity index is 1.50. The number of esters is 1. The third-order valence-electron chi connectivity index (χ3n) is 8.16. The summed E-state index contributed by atoms with van der Waals surface area (Å²) < 4.78 is 5.70. The number of carbonyl (C=O) groups excluding carboxylic acids is 1. The Morgan fingerprint density at radius 1 is 1.29 bits per heavy atom. The zero-order valence-corrected chi connectivity index (χ0v) is 14.4. The molecule has 8 unspecified atom stereocenters. The predicted molar refractivity (Wildman–Crippen MR) is 86.9 cm³/mol. The monoisotopic (exact) mass is 330 g/mol. The second-order valence-electron chi connectivity index (χ2n) is 9.78. The van der Waals surface area contributed by atoms with Gasteiger partial charge in [0.15, 0.2) is 0 Å². The third-order valence-corrected chi connectivity index (χ3v) is 8.16. The van der Waals surface area contributed by atoms with Crippen LogP contribution in [0.25, 0.3) is 0 Å². The number of aliphatic carboxylic acids is 1. The third kappa shape index (κ3) is 1.75. The Kier molecular flexibility index (Phi) is 2.77. The SMILES string of the molecule is CC1(C)CC(=O)OC1CC12CC(C(=O)O)C(C1)C1C3C=CC(C3)C12. The van der Waals surface area contributed by atoms with Crippen LogP contribution in [0.2, 0.25) is 0 Å². The van der Waals surface area contributed by atoms with E-state index in [0.29, 0.717) is 36.0 Å². The highest BCUT2D eigenvalue weighted by Crippen LogP contribution is 2.74. The summed E-state index contributed by atoms with van der Waals surface area (Å²) in [5, 5.41) is 9.74. The van der Waals surface area contributed by atoms with E-state index in [1.807, 2.05) is 0 Å². The second kappa shape index (κ2) is 4.44. The van der Waals surface area contributed by atoms with Gasteiger partial charge in [0.1, 0.15) is 6.10 Å². The molecule has 0 spiro atoms. The van der Waals surface area contributed by atoms with Gasteiger partial charge in [-0.3, -0.25) is 9.59 Å². The van der Waals surface area contributed by atoms with Crippen molar-refractivity contribution >= 4 is 11.9 Å². The molecule has 130 valence electrons. The van der Waals surface area contributed by atoms with Gasteiger partial charge in [-0.05, 0) is 60.7 Å². The Bertz CT molecular complexity index is 650. The van der Waals surface area contributed by atoms with Gasteiger partial charge in [0.05, 0.1) is 12.3 Å². The van der Waals surface area contributed by atoms with E-state index in [-0.39, 0.29) is 28.8 Å². The number of carboxylic acids is 1. The molecule has 0 amide bonds. The summed E-state index contributed by atoms with van der Waals surface area (Å²) in [5.74, 6) is 1.81. The lowest BCUT2D eigenvalue weighted by molar-refractivity contribution is -0.148. The first-order chi connectivity index (χ1) is 11.3. The maximum Gasteiger partial charge on any atom is 0.306 e. The molecule has 5 aliphatic rings. The predicted octanol–water partition coefficient (Wildman–Crippen LogP) is 3.27. The normalized spacial score (nSPS) is 52.8. The van der Waals surface area contributed by atoms with E-state index in [2.05, 4.69) is 26.0 Å². The average molecular weight is 330 g/mol. The highest BCUT2D eigenvalue weighted by molar-refractivity contribution is 5.73. The van der Waals surface area contributed by atoms with Crippen LogP contribution in [-0.2, 0) is 14.3 Å². The molecule has 8 atom stereocenters. The lowest BCUT2D eigenvalue weighted by atomic mass is 9.60. The zero-order chi connectivity index (χ0) is 16.9. The Labute approximate surface area is 142 Å². The topological polar surface area (TPSA) is 63.6 Å². The van der Waals surface area contributed by atoms with Crippen molar-refractivity contribution in [2.24, 2.45) is 46.3 Å². The van der Waals surface area contributed by atoms with Gasteiger partial charge in [0, 0.05) is 5.41 Å². The highest BCUT2D eigenvalue weighted by atomic mass is 16.6. The van der Waals surface area contributed by atoms with Gasteiger partial charge in [0.25, 0.3) is 0 Å². The van der Waals surface area contributed by atoms with E-state index >= 15 is 0 Å². The average Bonchev–Trinajstić information content (AvgIpc) is 3.25. The van der Waals surface area contributed by atoms with E-state index in [4.69, 9.17) is 4.74 Å².